The summed E-state index contributed by atoms with van der Waals surface area (Å²) in [5.41, 5.74) is 2.09. The Bertz CT molecular complexity index is 1070. The van der Waals surface area contributed by atoms with Gasteiger partial charge < -0.3 is 29.1 Å². The summed E-state index contributed by atoms with van der Waals surface area (Å²) >= 11 is 0. The Balaban J connectivity index is 2.21. The number of hydrogen-bond acceptors (Lipinski definition) is 7. The maximum Gasteiger partial charge on any atom is 0.295 e. The number of methoxy groups -OCH3 is 3. The Morgan fingerprint density at radius 1 is 1.00 bits per heavy atom. The predicted octanol–water partition coefficient (Wildman–Crippen LogP) is 3.39. The van der Waals surface area contributed by atoms with Crippen LogP contribution < -0.4 is 14.2 Å². The Morgan fingerprint density at radius 2 is 1.59 bits per heavy atom. The molecule has 1 N–H and O–H groups in total. The molecule has 8 nitrogen and oxygen atoms in total. The summed E-state index contributed by atoms with van der Waals surface area (Å²) in [5.74, 6) is -0.394. The summed E-state index contributed by atoms with van der Waals surface area (Å²) in [6.45, 7) is 3.01. The van der Waals surface area contributed by atoms with Crippen LogP contribution in [-0.2, 0) is 9.59 Å². The maximum absolute atomic E-state index is 13.2. The fraction of sp³-hybridized carbons (Fsp3) is 0.385. The Labute approximate surface area is 200 Å². The normalized spacial score (nSPS) is 17.4. The number of benzene rings is 2. The maximum atomic E-state index is 13.2. The first-order chi connectivity index (χ1) is 16.2. The van der Waals surface area contributed by atoms with Crippen molar-refractivity contribution in [2.75, 3.05) is 48.5 Å². The van der Waals surface area contributed by atoms with Crippen LogP contribution in [0.2, 0.25) is 0 Å². The zero-order chi connectivity index (χ0) is 25.0. The van der Waals surface area contributed by atoms with Gasteiger partial charge in [0.05, 0.1) is 32.9 Å². The van der Waals surface area contributed by atoms with E-state index in [4.69, 9.17) is 14.2 Å². The van der Waals surface area contributed by atoms with Gasteiger partial charge in [-0.05, 0) is 51.7 Å². The van der Waals surface area contributed by atoms with Crippen LogP contribution in [0, 0.1) is 6.92 Å². The average molecular weight is 469 g/mol. The first-order valence-electron chi connectivity index (χ1n) is 11.0. The number of nitrogens with zero attached hydrogens (tertiary/aromatic N) is 2. The highest BCUT2D eigenvalue weighted by Crippen LogP contribution is 2.45. The van der Waals surface area contributed by atoms with Gasteiger partial charge in [-0.1, -0.05) is 29.8 Å². The van der Waals surface area contributed by atoms with E-state index in [-0.39, 0.29) is 11.3 Å². The van der Waals surface area contributed by atoms with E-state index in [0.717, 1.165) is 12.1 Å². The summed E-state index contributed by atoms with van der Waals surface area (Å²) < 4.78 is 16.4. The molecule has 1 atom stereocenters. The second-order valence-electron chi connectivity index (χ2n) is 8.47. The Hall–Kier alpha value is -3.52. The molecule has 182 valence electrons. The SMILES string of the molecule is COc1cc(C2/C(=C(\O)c3ccc(C)cc3)C(=O)C(=O)N2CCCN(C)C)cc(OC)c1OC. The van der Waals surface area contributed by atoms with Crippen molar-refractivity contribution in [1.29, 1.82) is 0 Å². The molecule has 1 unspecified atom stereocenters. The molecule has 0 aliphatic carbocycles. The van der Waals surface area contributed by atoms with E-state index in [1.807, 2.05) is 38.1 Å². The standard InChI is InChI=1S/C26H32N2O6/c1-16-8-10-17(11-9-16)23(29)21-22(28(26(31)24(21)30)13-7-12-27(2)3)18-14-19(32-4)25(34-6)20(15-18)33-5/h8-11,14-15,22,29H,7,12-13H2,1-6H3/b23-21+. The lowest BCUT2D eigenvalue weighted by Gasteiger charge is -2.27. The van der Waals surface area contributed by atoms with Crippen LogP contribution in [0.5, 0.6) is 17.2 Å². The van der Waals surface area contributed by atoms with Gasteiger partial charge in [0, 0.05) is 12.1 Å². The molecule has 2 aromatic carbocycles. The van der Waals surface area contributed by atoms with E-state index in [0.29, 0.717) is 41.3 Å². The van der Waals surface area contributed by atoms with Crippen molar-refractivity contribution in [2.24, 2.45) is 0 Å². The fourth-order valence-electron chi connectivity index (χ4n) is 4.14. The van der Waals surface area contributed by atoms with Crippen molar-refractivity contribution in [2.45, 2.75) is 19.4 Å². The molecule has 1 saturated heterocycles. The number of aliphatic hydroxyl groups excluding tert-OH is 1. The van der Waals surface area contributed by atoms with Gasteiger partial charge in [0.1, 0.15) is 5.76 Å². The van der Waals surface area contributed by atoms with Crippen molar-refractivity contribution in [3.63, 3.8) is 0 Å². The molecule has 0 bridgehead atoms. The van der Waals surface area contributed by atoms with Gasteiger partial charge in [0.15, 0.2) is 11.5 Å². The third kappa shape index (κ3) is 4.87. The van der Waals surface area contributed by atoms with Crippen LogP contribution in [0.1, 0.15) is 29.2 Å². The number of Topliss-reactive ketones (excluding diaryl/α,β-unsaturated/α-hetero) is 1. The number of carbonyl (C=O) groups excluding carboxylic acids is 2. The molecular formula is C26H32N2O6. The average Bonchev–Trinajstić information content (AvgIpc) is 3.07. The third-order valence-electron chi connectivity index (χ3n) is 5.87. The zero-order valence-electron chi connectivity index (χ0n) is 20.5. The molecule has 0 saturated carbocycles. The Kier molecular flexibility index (Phi) is 7.83. The quantitative estimate of drug-likeness (QED) is 0.343. The Morgan fingerprint density at radius 3 is 2.09 bits per heavy atom. The molecule has 0 spiro atoms. The minimum Gasteiger partial charge on any atom is -0.507 e. The molecule has 2 aromatic rings. The van der Waals surface area contributed by atoms with Gasteiger partial charge in [0.2, 0.25) is 5.75 Å². The number of aliphatic hydroxyl groups is 1. The summed E-state index contributed by atoms with van der Waals surface area (Å²) in [6.07, 6.45) is 0.658. The molecule has 1 fully saturated rings. The van der Waals surface area contributed by atoms with Crippen molar-refractivity contribution >= 4 is 17.4 Å². The monoisotopic (exact) mass is 468 g/mol. The molecule has 0 aromatic heterocycles. The van der Waals surface area contributed by atoms with E-state index in [1.54, 1.807) is 24.3 Å². The van der Waals surface area contributed by atoms with Gasteiger partial charge in [-0.25, -0.2) is 0 Å². The highest BCUT2D eigenvalue weighted by atomic mass is 16.5. The summed E-state index contributed by atoms with van der Waals surface area (Å²) in [6, 6.07) is 9.76. The van der Waals surface area contributed by atoms with E-state index in [2.05, 4.69) is 0 Å². The van der Waals surface area contributed by atoms with Gasteiger partial charge in [0.25, 0.3) is 11.7 Å². The van der Waals surface area contributed by atoms with Crippen LogP contribution in [0.15, 0.2) is 42.0 Å². The lowest BCUT2D eigenvalue weighted by Crippen LogP contribution is -2.32. The minimum atomic E-state index is -0.808. The van der Waals surface area contributed by atoms with Gasteiger partial charge in [-0.15, -0.1) is 0 Å². The molecule has 1 aliphatic heterocycles. The number of likely N-dealkylation sites (tertiary alicyclic amines) is 1. The van der Waals surface area contributed by atoms with Crippen molar-refractivity contribution in [1.82, 2.24) is 9.80 Å². The number of aryl methyl sites for hydroxylation is 1. The minimum absolute atomic E-state index is 0.0352. The second-order valence-corrected chi connectivity index (χ2v) is 8.47. The summed E-state index contributed by atoms with van der Waals surface area (Å²) in [7, 11) is 8.40. The lowest BCUT2D eigenvalue weighted by molar-refractivity contribution is -0.139. The van der Waals surface area contributed by atoms with Crippen LogP contribution >= 0.6 is 0 Å². The van der Waals surface area contributed by atoms with E-state index >= 15 is 0 Å². The molecule has 34 heavy (non-hydrogen) atoms. The lowest BCUT2D eigenvalue weighted by atomic mass is 9.94. The summed E-state index contributed by atoms with van der Waals surface area (Å²) in [4.78, 5) is 29.8. The predicted molar refractivity (Wildman–Crippen MR) is 129 cm³/mol. The molecule has 1 amide bonds. The van der Waals surface area contributed by atoms with Crippen molar-refractivity contribution in [3.8, 4) is 17.2 Å². The van der Waals surface area contributed by atoms with Crippen LogP contribution in [0.3, 0.4) is 0 Å². The molecule has 0 radical (unpaired) electrons. The topological polar surface area (TPSA) is 88.5 Å². The largest absolute Gasteiger partial charge is 0.507 e. The van der Waals surface area contributed by atoms with Gasteiger partial charge >= 0.3 is 0 Å². The first kappa shape index (κ1) is 25.1. The molecule has 1 aliphatic rings. The van der Waals surface area contributed by atoms with Crippen LogP contribution in [-0.4, -0.2) is 75.1 Å². The molecular weight excluding hydrogens is 436 g/mol. The van der Waals surface area contributed by atoms with Crippen molar-refractivity contribution in [3.05, 3.63) is 58.7 Å². The fourth-order valence-corrected chi connectivity index (χ4v) is 4.14. The van der Waals surface area contributed by atoms with E-state index in [1.165, 1.54) is 26.2 Å². The van der Waals surface area contributed by atoms with Gasteiger partial charge in [-0.2, -0.15) is 0 Å². The highest BCUT2D eigenvalue weighted by molar-refractivity contribution is 6.46. The van der Waals surface area contributed by atoms with E-state index in [9.17, 15) is 14.7 Å². The highest BCUT2D eigenvalue weighted by Gasteiger charge is 2.46. The number of amides is 1. The molecule has 3 rings (SSSR count). The van der Waals surface area contributed by atoms with Crippen molar-refractivity contribution < 1.29 is 28.9 Å². The number of hydrogen-bond donors (Lipinski definition) is 1. The van der Waals surface area contributed by atoms with Crippen LogP contribution in [0.4, 0.5) is 0 Å². The van der Waals surface area contributed by atoms with Gasteiger partial charge in [-0.3, -0.25) is 9.59 Å². The number of ketones is 1. The second kappa shape index (κ2) is 10.6. The third-order valence-corrected chi connectivity index (χ3v) is 5.87. The smallest absolute Gasteiger partial charge is 0.295 e. The zero-order valence-corrected chi connectivity index (χ0v) is 20.5. The number of rotatable bonds is 9. The number of carbonyl (C=O) groups is 2. The molecule has 8 heteroatoms. The van der Waals surface area contributed by atoms with E-state index < -0.39 is 17.7 Å². The summed E-state index contributed by atoms with van der Waals surface area (Å²) in [5, 5.41) is 11.2. The number of ether oxygens (including phenoxy) is 3. The molecule has 1 heterocycles. The first-order valence-corrected chi connectivity index (χ1v) is 11.0. The van der Waals surface area contributed by atoms with Crippen LogP contribution in [0.25, 0.3) is 5.76 Å².